The first-order chi connectivity index (χ1) is 9.13. The van der Waals surface area contributed by atoms with Crippen molar-refractivity contribution in [3.63, 3.8) is 0 Å². The molecule has 1 amide bonds. The van der Waals surface area contributed by atoms with Crippen LogP contribution in [0.25, 0.3) is 0 Å². The molecule has 98 valence electrons. The number of hydrogen-bond donors (Lipinski definition) is 1. The van der Waals surface area contributed by atoms with E-state index in [0.717, 1.165) is 19.5 Å². The van der Waals surface area contributed by atoms with Crippen molar-refractivity contribution in [1.82, 2.24) is 0 Å². The lowest BCUT2D eigenvalue weighted by Gasteiger charge is -2.05. The Morgan fingerprint density at radius 2 is 1.79 bits per heavy atom. The molecule has 5 heteroatoms. The topological polar surface area (TPSA) is 29.1 Å². The number of benzene rings is 2. The fraction of sp³-hybridized carbons (Fsp3) is 0.0714. The monoisotopic (exact) mass is 399 g/mol. The summed E-state index contributed by atoms with van der Waals surface area (Å²) in [6.45, 7) is 0. The third kappa shape index (κ3) is 5.01. The number of thioether (sulfide) groups is 1. The zero-order chi connectivity index (χ0) is 13.7. The Morgan fingerprint density at radius 1 is 1.05 bits per heavy atom. The fourth-order valence-corrected chi connectivity index (χ4v) is 2.81. The Bertz CT molecular complexity index is 572. The van der Waals surface area contributed by atoms with Crippen LogP contribution in [0.5, 0.6) is 0 Å². The second-order valence-corrected chi connectivity index (χ2v) is 6.68. The van der Waals surface area contributed by atoms with Crippen LogP contribution in [0.2, 0.25) is 0 Å². The van der Waals surface area contributed by atoms with Crippen LogP contribution in [0, 0.1) is 0 Å². The third-order valence-electron chi connectivity index (χ3n) is 2.29. The Hall–Kier alpha value is -0.780. The molecular formula is C14H11Br2NOS. The van der Waals surface area contributed by atoms with Gasteiger partial charge in [0.1, 0.15) is 0 Å². The molecule has 0 aliphatic carbocycles. The number of hydrogen-bond acceptors (Lipinski definition) is 2. The van der Waals surface area contributed by atoms with Gasteiger partial charge in [-0.05, 0) is 42.5 Å². The Kier molecular flexibility index (Phi) is 5.48. The van der Waals surface area contributed by atoms with Crippen molar-refractivity contribution in [2.24, 2.45) is 0 Å². The molecule has 0 aromatic heterocycles. The minimum absolute atomic E-state index is 0.00832. The molecule has 2 nitrogen and oxygen atoms in total. The van der Waals surface area contributed by atoms with E-state index < -0.39 is 0 Å². The predicted molar refractivity (Wildman–Crippen MR) is 87.6 cm³/mol. The lowest BCUT2D eigenvalue weighted by atomic mass is 10.3. The van der Waals surface area contributed by atoms with Crippen molar-refractivity contribution in [1.29, 1.82) is 0 Å². The van der Waals surface area contributed by atoms with E-state index in [-0.39, 0.29) is 5.91 Å². The molecule has 0 fully saturated rings. The molecule has 0 unspecified atom stereocenters. The third-order valence-corrected chi connectivity index (χ3v) is 4.33. The second kappa shape index (κ2) is 7.12. The van der Waals surface area contributed by atoms with E-state index in [4.69, 9.17) is 0 Å². The highest BCUT2D eigenvalue weighted by Crippen LogP contribution is 2.21. The lowest BCUT2D eigenvalue weighted by molar-refractivity contribution is -0.113. The number of amides is 1. The highest BCUT2D eigenvalue weighted by molar-refractivity contribution is 9.10. The SMILES string of the molecule is O=C(CSc1ccc(Br)cc1)Nc1cccc(Br)c1. The van der Waals surface area contributed by atoms with Gasteiger partial charge in [-0.1, -0.05) is 37.9 Å². The summed E-state index contributed by atoms with van der Waals surface area (Å²) >= 11 is 8.27. The molecule has 0 bridgehead atoms. The highest BCUT2D eigenvalue weighted by Gasteiger charge is 2.04. The second-order valence-electron chi connectivity index (χ2n) is 3.80. The van der Waals surface area contributed by atoms with Gasteiger partial charge in [-0.15, -0.1) is 11.8 Å². The number of anilines is 1. The van der Waals surface area contributed by atoms with Crippen molar-refractivity contribution in [2.75, 3.05) is 11.1 Å². The van der Waals surface area contributed by atoms with Gasteiger partial charge in [-0.2, -0.15) is 0 Å². The van der Waals surface area contributed by atoms with E-state index in [9.17, 15) is 4.79 Å². The lowest BCUT2D eigenvalue weighted by Crippen LogP contribution is -2.13. The van der Waals surface area contributed by atoms with Gasteiger partial charge >= 0.3 is 0 Å². The van der Waals surface area contributed by atoms with Crippen LogP contribution >= 0.6 is 43.6 Å². The molecule has 0 atom stereocenters. The fourth-order valence-electron chi connectivity index (χ4n) is 1.44. The maximum Gasteiger partial charge on any atom is 0.234 e. The molecule has 0 aliphatic rings. The van der Waals surface area contributed by atoms with Crippen LogP contribution in [-0.4, -0.2) is 11.7 Å². The van der Waals surface area contributed by atoms with Crippen LogP contribution in [0.4, 0.5) is 5.69 Å². The van der Waals surface area contributed by atoms with Crippen molar-refractivity contribution in [3.05, 3.63) is 57.5 Å². The molecule has 2 rings (SSSR count). The van der Waals surface area contributed by atoms with Gasteiger partial charge in [-0.3, -0.25) is 4.79 Å². The van der Waals surface area contributed by atoms with Crippen molar-refractivity contribution in [3.8, 4) is 0 Å². The largest absolute Gasteiger partial charge is 0.325 e. The molecular weight excluding hydrogens is 390 g/mol. The van der Waals surface area contributed by atoms with Gasteiger partial charge in [0, 0.05) is 19.5 Å². The molecule has 2 aromatic rings. The standard InChI is InChI=1S/C14H11Br2NOS/c15-10-4-6-13(7-5-10)19-9-14(18)17-12-3-1-2-11(16)8-12/h1-8H,9H2,(H,17,18). The van der Waals surface area contributed by atoms with Gasteiger partial charge in [0.05, 0.1) is 5.75 Å². The van der Waals surface area contributed by atoms with Gasteiger partial charge in [-0.25, -0.2) is 0 Å². The van der Waals surface area contributed by atoms with E-state index in [0.29, 0.717) is 5.75 Å². The van der Waals surface area contributed by atoms with Crippen LogP contribution in [0.1, 0.15) is 0 Å². The van der Waals surface area contributed by atoms with Gasteiger partial charge in [0.15, 0.2) is 0 Å². The van der Waals surface area contributed by atoms with E-state index in [1.807, 2.05) is 48.5 Å². The van der Waals surface area contributed by atoms with Gasteiger partial charge in [0.25, 0.3) is 0 Å². The minimum atomic E-state index is -0.00832. The number of carbonyl (C=O) groups excluding carboxylic acids is 1. The summed E-state index contributed by atoms with van der Waals surface area (Å²) in [5.41, 5.74) is 0.802. The summed E-state index contributed by atoms with van der Waals surface area (Å²) in [6.07, 6.45) is 0. The van der Waals surface area contributed by atoms with Crippen molar-refractivity contribution >= 4 is 55.2 Å². The molecule has 0 heterocycles. The van der Waals surface area contributed by atoms with Crippen molar-refractivity contribution < 1.29 is 4.79 Å². The minimum Gasteiger partial charge on any atom is -0.325 e. The number of halogens is 2. The smallest absolute Gasteiger partial charge is 0.234 e. The Morgan fingerprint density at radius 3 is 2.47 bits per heavy atom. The number of rotatable bonds is 4. The normalized spacial score (nSPS) is 10.2. The number of nitrogens with one attached hydrogen (secondary N) is 1. The van der Waals surface area contributed by atoms with Crippen molar-refractivity contribution in [2.45, 2.75) is 4.90 Å². The van der Waals surface area contributed by atoms with E-state index >= 15 is 0 Å². The first-order valence-electron chi connectivity index (χ1n) is 5.57. The quantitative estimate of drug-likeness (QED) is 0.736. The molecule has 1 N–H and O–H groups in total. The van der Waals surface area contributed by atoms with Crippen LogP contribution < -0.4 is 5.32 Å². The summed E-state index contributed by atoms with van der Waals surface area (Å²) in [6, 6.07) is 15.5. The van der Waals surface area contributed by atoms with E-state index in [2.05, 4.69) is 37.2 Å². The summed E-state index contributed by atoms with van der Waals surface area (Å²) in [4.78, 5) is 12.9. The summed E-state index contributed by atoms with van der Waals surface area (Å²) in [7, 11) is 0. The van der Waals surface area contributed by atoms with Crippen LogP contribution in [-0.2, 0) is 4.79 Å². The predicted octanol–water partition coefficient (Wildman–Crippen LogP) is 4.94. The zero-order valence-corrected chi connectivity index (χ0v) is 13.9. The molecule has 0 radical (unpaired) electrons. The summed E-state index contributed by atoms with van der Waals surface area (Å²) in [5, 5.41) is 2.87. The van der Waals surface area contributed by atoms with E-state index in [1.165, 1.54) is 11.8 Å². The molecule has 0 saturated heterocycles. The molecule has 19 heavy (non-hydrogen) atoms. The Labute approximate surface area is 133 Å². The van der Waals surface area contributed by atoms with Gasteiger partial charge in [0.2, 0.25) is 5.91 Å². The first kappa shape index (κ1) is 14.6. The molecule has 2 aromatic carbocycles. The van der Waals surface area contributed by atoms with Crippen LogP contribution in [0.3, 0.4) is 0 Å². The summed E-state index contributed by atoms with van der Waals surface area (Å²) in [5.74, 6) is 0.389. The van der Waals surface area contributed by atoms with Crippen LogP contribution in [0.15, 0.2) is 62.4 Å². The number of carbonyl (C=O) groups is 1. The average Bonchev–Trinajstić information content (AvgIpc) is 2.38. The zero-order valence-electron chi connectivity index (χ0n) is 9.90. The molecule has 0 saturated carbocycles. The average molecular weight is 401 g/mol. The molecule has 0 spiro atoms. The maximum absolute atomic E-state index is 11.8. The Balaban J connectivity index is 1.86. The van der Waals surface area contributed by atoms with E-state index in [1.54, 1.807) is 0 Å². The summed E-state index contributed by atoms with van der Waals surface area (Å²) < 4.78 is 1.99. The van der Waals surface area contributed by atoms with Gasteiger partial charge < -0.3 is 5.32 Å². The first-order valence-corrected chi connectivity index (χ1v) is 8.14. The molecule has 0 aliphatic heterocycles. The maximum atomic E-state index is 11.8. The highest BCUT2D eigenvalue weighted by atomic mass is 79.9.